The van der Waals surface area contributed by atoms with Crippen LogP contribution in [0.3, 0.4) is 0 Å². The summed E-state index contributed by atoms with van der Waals surface area (Å²) in [6.07, 6.45) is -10.5. The number of carbonyl (C=O) groups excluding carboxylic acids is 12. The molecule has 18 atom stereocenters. The summed E-state index contributed by atoms with van der Waals surface area (Å²) in [5.41, 5.74) is -1.58. The van der Waals surface area contributed by atoms with E-state index in [4.69, 9.17) is 42.6 Å². The summed E-state index contributed by atoms with van der Waals surface area (Å²) >= 11 is 1.75. The third kappa shape index (κ3) is 38.1. The van der Waals surface area contributed by atoms with Gasteiger partial charge in [0.2, 0.25) is 65.0 Å². The number of aliphatic hydroxyl groups excluding tert-OH is 9. The SMILES string of the molecule is CC(=O)NC1C(OCCCCC(=O)NCCCNC(=O)CCOCC(COCCC(=O)NCCCNC(=O)CCCCOC2OC(CO)C(O)C(O)C2NC(C)=O)(COCCC(=O)NCCCNC(=O)CCCCOC2OC(CO)C(O)C(O)C2NC(C)=O)NC(=O)CNC(=O)CCCC[C@@H]2SC[C@@H]3NC(=O)N[C@@H]32)OC(CO)C(O)C1O. The van der Waals surface area contributed by atoms with Crippen LogP contribution in [0, 0.1) is 0 Å². The molecular weight excluding hydrogens is 1570 g/mol. The van der Waals surface area contributed by atoms with Crippen LogP contribution in [-0.2, 0) is 95.4 Å². The number of urea groups is 1. The minimum atomic E-state index is -1.58. The lowest BCUT2D eigenvalue weighted by Crippen LogP contribution is -2.64. The molecule has 15 unspecified atom stereocenters. The van der Waals surface area contributed by atoms with Crippen molar-refractivity contribution in [2.45, 2.75) is 258 Å². The number of hydrogen-bond donors (Lipinski definition) is 22. The van der Waals surface area contributed by atoms with Gasteiger partial charge in [0.05, 0.1) is 78.1 Å². The molecule has 22 N–H and O–H groups in total. The van der Waals surface area contributed by atoms with E-state index in [-0.39, 0.29) is 185 Å². The average Bonchev–Trinajstić information content (AvgIpc) is 1.75. The predicted octanol–water partition coefficient (Wildman–Crippen LogP) is -7.84. The van der Waals surface area contributed by atoms with Crippen molar-refractivity contribution in [1.29, 1.82) is 0 Å². The molecule has 44 heteroatoms. The Morgan fingerprint density at radius 1 is 0.402 bits per heavy atom. The number of rotatable bonds is 59. The smallest absolute Gasteiger partial charge is 0.315 e. The molecule has 0 aromatic rings. The topological polar surface area (TPSA) is 626 Å². The van der Waals surface area contributed by atoms with Gasteiger partial charge in [-0.2, -0.15) is 11.8 Å². The number of carbonyl (C=O) groups is 12. The Bertz CT molecular complexity index is 2810. The van der Waals surface area contributed by atoms with Crippen molar-refractivity contribution in [3.63, 3.8) is 0 Å². The third-order valence-corrected chi connectivity index (χ3v) is 21.0. The van der Waals surface area contributed by atoms with Crippen LogP contribution in [0.1, 0.15) is 143 Å². The van der Waals surface area contributed by atoms with Crippen molar-refractivity contribution >= 4 is 82.8 Å². The summed E-state index contributed by atoms with van der Waals surface area (Å²) in [7, 11) is 0. The molecule has 5 saturated heterocycles. The Hall–Kier alpha value is -6.93. The molecule has 5 aliphatic rings. The zero-order valence-electron chi connectivity index (χ0n) is 67.0. The zero-order chi connectivity index (χ0) is 85.7. The number of fused-ring (bicyclic) bond motifs is 1. The molecule has 0 aromatic heterocycles. The lowest BCUT2D eigenvalue weighted by molar-refractivity contribution is -0.270. The molecule has 5 heterocycles. The highest BCUT2D eigenvalue weighted by Crippen LogP contribution is 2.33. The van der Waals surface area contributed by atoms with Crippen LogP contribution in [0.4, 0.5) is 4.79 Å². The van der Waals surface area contributed by atoms with Crippen LogP contribution in [-0.4, -0.2) is 363 Å². The predicted molar refractivity (Wildman–Crippen MR) is 412 cm³/mol. The Kier molecular flexibility index (Phi) is 48.0. The first-order valence-corrected chi connectivity index (χ1v) is 41.3. The molecule has 0 aromatic carbocycles. The van der Waals surface area contributed by atoms with Gasteiger partial charge in [0, 0.05) is 136 Å². The van der Waals surface area contributed by atoms with Gasteiger partial charge in [0.15, 0.2) is 18.9 Å². The second kappa shape index (κ2) is 55.8. The number of thioether (sulfide) groups is 1. The van der Waals surface area contributed by atoms with Gasteiger partial charge in [-0.3, -0.25) is 52.7 Å². The third-order valence-electron chi connectivity index (χ3n) is 19.5. The zero-order valence-corrected chi connectivity index (χ0v) is 67.8. The summed E-state index contributed by atoms with van der Waals surface area (Å²) in [5, 5.41) is 127. The standard InChI is InChI=1S/C73H127N13O30S/c1-43(90)81-60-66(104)63(101)47(36-87)114-69(60)111-29-9-6-17-51(93)74-23-12-26-77-55(97)20-32-108-40-73(86-58(100)35-80-54(96)16-5-4-15-50-59-46(39-117-50)84-72(107)85-59,41-109-33-21-56(98)78-27-13-24-75-52(94)18-7-10-30-112-70-61(82-44(2)91)67(105)64(102)48(37-88)115-70)42-110-34-22-57(99)79-28-14-25-76-53(95)19-8-11-31-113-71-62(83-45(3)92)68(106)65(103)49(38-89)116-71/h46-50,59-71,87-89,101-106H,4-42H2,1-3H3,(H,74,93)(H,75,94)(H,76,95)(H,77,97)(H,78,98)(H,79,99)(H,80,96)(H,81,90)(H,82,91)(H,83,92)(H,86,100)(H2,84,85,107)/t46-,47?,48?,49?,50-,59-,60?,61?,62?,63?,64?,65?,66?,67?,68?,69?,70?,71?,73?/m0/s1. The Morgan fingerprint density at radius 3 is 1.04 bits per heavy atom. The fourth-order valence-electron chi connectivity index (χ4n) is 13.2. The fraction of sp³-hybridized carbons (Fsp3) is 0.836. The molecule has 13 amide bonds. The molecule has 117 heavy (non-hydrogen) atoms. The highest BCUT2D eigenvalue weighted by molar-refractivity contribution is 8.00. The van der Waals surface area contributed by atoms with Crippen LogP contribution in [0.15, 0.2) is 0 Å². The molecule has 5 rings (SSSR count). The van der Waals surface area contributed by atoms with E-state index in [0.29, 0.717) is 70.6 Å². The molecule has 670 valence electrons. The van der Waals surface area contributed by atoms with Crippen molar-refractivity contribution in [1.82, 2.24) is 69.1 Å². The Labute approximate surface area is 683 Å². The number of unbranched alkanes of at least 4 members (excludes halogenated alkanes) is 4. The van der Waals surface area contributed by atoms with Crippen LogP contribution in [0.25, 0.3) is 0 Å². The van der Waals surface area contributed by atoms with Crippen molar-refractivity contribution in [2.24, 2.45) is 0 Å². The van der Waals surface area contributed by atoms with Crippen molar-refractivity contribution in [3.05, 3.63) is 0 Å². The van der Waals surface area contributed by atoms with E-state index in [1.807, 2.05) is 0 Å². The summed E-state index contributed by atoms with van der Waals surface area (Å²) in [6, 6.07) is -3.47. The Morgan fingerprint density at radius 2 is 0.718 bits per heavy atom. The van der Waals surface area contributed by atoms with Crippen molar-refractivity contribution in [2.75, 3.05) is 131 Å². The maximum Gasteiger partial charge on any atom is 0.315 e. The van der Waals surface area contributed by atoms with E-state index in [1.165, 1.54) is 20.8 Å². The second-order valence-corrected chi connectivity index (χ2v) is 30.6. The van der Waals surface area contributed by atoms with Crippen molar-refractivity contribution < 1.29 is 146 Å². The number of nitrogens with one attached hydrogen (secondary N) is 13. The molecule has 5 fully saturated rings. The quantitative estimate of drug-likeness (QED) is 0.0199. The summed E-state index contributed by atoms with van der Waals surface area (Å²) in [6.45, 7) is 1.09. The van der Waals surface area contributed by atoms with Gasteiger partial charge in [-0.15, -0.1) is 0 Å². The summed E-state index contributed by atoms with van der Waals surface area (Å²) in [5.74, 6) is -3.88. The van der Waals surface area contributed by atoms with Gasteiger partial charge >= 0.3 is 6.03 Å². The van der Waals surface area contributed by atoms with Crippen LogP contribution in [0.5, 0.6) is 0 Å². The van der Waals surface area contributed by atoms with Crippen molar-refractivity contribution in [3.8, 4) is 0 Å². The van der Waals surface area contributed by atoms with Gasteiger partial charge in [0.1, 0.15) is 78.6 Å². The van der Waals surface area contributed by atoms with Crippen LogP contribution >= 0.6 is 11.8 Å². The summed E-state index contributed by atoms with van der Waals surface area (Å²) in [4.78, 5) is 151. The molecule has 0 spiro atoms. The van der Waals surface area contributed by atoms with Gasteiger partial charge in [-0.05, 0) is 70.6 Å². The van der Waals surface area contributed by atoms with E-state index in [2.05, 4.69) is 69.1 Å². The number of hydrogen-bond acceptors (Lipinski definition) is 31. The number of ether oxygens (including phenoxy) is 9. The molecule has 5 aliphatic heterocycles. The number of aliphatic hydroxyl groups is 9. The fourth-order valence-corrected chi connectivity index (χ4v) is 14.7. The molecule has 0 aliphatic carbocycles. The van der Waals surface area contributed by atoms with Gasteiger partial charge in [0.25, 0.3) is 0 Å². The first-order valence-electron chi connectivity index (χ1n) is 40.2. The normalized spacial score (nSPS) is 26.5. The average molecular weight is 1700 g/mol. The van der Waals surface area contributed by atoms with E-state index in [0.717, 1.165) is 12.2 Å². The van der Waals surface area contributed by atoms with E-state index < -0.39 is 171 Å². The van der Waals surface area contributed by atoms with Crippen LogP contribution in [0.2, 0.25) is 0 Å². The first kappa shape index (κ1) is 101. The maximum atomic E-state index is 14.0. The maximum absolute atomic E-state index is 14.0. The summed E-state index contributed by atoms with van der Waals surface area (Å²) < 4.78 is 52.0. The number of amides is 13. The lowest BCUT2D eigenvalue weighted by atomic mass is 9.97. The van der Waals surface area contributed by atoms with E-state index >= 15 is 0 Å². The first-order chi connectivity index (χ1) is 56.1. The van der Waals surface area contributed by atoms with Gasteiger partial charge in [-0.25, -0.2) is 4.79 Å². The highest BCUT2D eigenvalue weighted by atomic mass is 32.2. The molecular formula is C73H127N13O30S. The van der Waals surface area contributed by atoms with Gasteiger partial charge in [-0.1, -0.05) is 6.42 Å². The highest BCUT2D eigenvalue weighted by Gasteiger charge is 2.49. The molecule has 0 radical (unpaired) electrons. The van der Waals surface area contributed by atoms with Gasteiger partial charge < -0.3 is 158 Å². The minimum Gasteiger partial charge on any atom is -0.394 e. The monoisotopic (exact) mass is 1700 g/mol. The minimum absolute atomic E-state index is 0.00169. The molecule has 0 saturated carbocycles. The molecule has 0 bridgehead atoms. The second-order valence-electron chi connectivity index (χ2n) is 29.3. The Balaban J connectivity index is 1.10. The molecule has 43 nitrogen and oxygen atoms in total. The van der Waals surface area contributed by atoms with E-state index in [1.54, 1.807) is 11.8 Å². The van der Waals surface area contributed by atoms with E-state index in [9.17, 15) is 103 Å². The lowest BCUT2D eigenvalue weighted by Gasteiger charge is -2.42. The largest absolute Gasteiger partial charge is 0.394 e. The van der Waals surface area contributed by atoms with Crippen LogP contribution < -0.4 is 69.1 Å².